The number of carbonyl (C=O) groups is 1. The standard InChI is InChI=1S/C17H26N2O2/c1-2-21-17(20)15-12-13(18)10-11-16(15)19-14-8-6-4-3-5-7-9-14/h10-12,14,19H,2-9,18H2,1H3. The Bertz CT molecular complexity index is 466. The minimum Gasteiger partial charge on any atom is -0.462 e. The summed E-state index contributed by atoms with van der Waals surface area (Å²) in [7, 11) is 0. The van der Waals surface area contributed by atoms with Gasteiger partial charge in [0.25, 0.3) is 0 Å². The molecule has 21 heavy (non-hydrogen) atoms. The van der Waals surface area contributed by atoms with Gasteiger partial charge in [0.05, 0.1) is 12.2 Å². The largest absolute Gasteiger partial charge is 0.462 e. The second-order valence-corrected chi connectivity index (χ2v) is 5.71. The van der Waals surface area contributed by atoms with Crippen LogP contribution < -0.4 is 11.1 Å². The zero-order chi connectivity index (χ0) is 15.1. The van der Waals surface area contributed by atoms with E-state index >= 15 is 0 Å². The Morgan fingerprint density at radius 1 is 1.24 bits per heavy atom. The highest BCUT2D eigenvalue weighted by atomic mass is 16.5. The van der Waals surface area contributed by atoms with Crippen molar-refractivity contribution in [3.63, 3.8) is 0 Å². The van der Waals surface area contributed by atoms with Crippen LogP contribution in [0.3, 0.4) is 0 Å². The van der Waals surface area contributed by atoms with E-state index in [2.05, 4.69) is 5.32 Å². The van der Waals surface area contributed by atoms with Gasteiger partial charge in [-0.2, -0.15) is 0 Å². The quantitative estimate of drug-likeness (QED) is 0.650. The van der Waals surface area contributed by atoms with Crippen LogP contribution >= 0.6 is 0 Å². The molecule has 1 aromatic carbocycles. The van der Waals surface area contributed by atoms with Gasteiger partial charge in [-0.15, -0.1) is 0 Å². The van der Waals surface area contributed by atoms with Crippen molar-refractivity contribution in [3.8, 4) is 0 Å². The summed E-state index contributed by atoms with van der Waals surface area (Å²) in [5.41, 5.74) is 7.77. The maximum absolute atomic E-state index is 12.1. The lowest BCUT2D eigenvalue weighted by atomic mass is 9.96. The number of esters is 1. The van der Waals surface area contributed by atoms with Gasteiger partial charge in [-0.1, -0.05) is 32.1 Å². The zero-order valence-electron chi connectivity index (χ0n) is 12.9. The smallest absolute Gasteiger partial charge is 0.340 e. The fourth-order valence-corrected chi connectivity index (χ4v) is 2.89. The van der Waals surface area contributed by atoms with Crippen LogP contribution in [0.2, 0.25) is 0 Å². The van der Waals surface area contributed by atoms with E-state index in [9.17, 15) is 4.79 Å². The number of hydrogen-bond acceptors (Lipinski definition) is 4. The van der Waals surface area contributed by atoms with Crippen molar-refractivity contribution in [2.75, 3.05) is 17.7 Å². The molecule has 4 heteroatoms. The molecule has 1 saturated carbocycles. The van der Waals surface area contributed by atoms with E-state index in [4.69, 9.17) is 10.5 Å². The molecule has 0 heterocycles. The van der Waals surface area contributed by atoms with Crippen LogP contribution in [-0.4, -0.2) is 18.6 Å². The number of rotatable bonds is 4. The number of nitrogens with one attached hydrogen (secondary N) is 1. The first kappa shape index (κ1) is 15.7. The van der Waals surface area contributed by atoms with Crippen molar-refractivity contribution in [2.24, 2.45) is 0 Å². The van der Waals surface area contributed by atoms with Crippen molar-refractivity contribution in [1.29, 1.82) is 0 Å². The van der Waals surface area contributed by atoms with Crippen molar-refractivity contribution in [1.82, 2.24) is 0 Å². The molecule has 0 atom stereocenters. The molecule has 0 spiro atoms. The molecule has 0 saturated heterocycles. The van der Waals surface area contributed by atoms with Crippen molar-refractivity contribution < 1.29 is 9.53 Å². The molecule has 1 aromatic rings. The first-order valence-electron chi connectivity index (χ1n) is 8.04. The summed E-state index contributed by atoms with van der Waals surface area (Å²) in [5.74, 6) is -0.307. The first-order valence-corrected chi connectivity index (χ1v) is 8.04. The molecule has 0 aromatic heterocycles. The molecule has 0 bridgehead atoms. The minimum absolute atomic E-state index is 0.307. The van der Waals surface area contributed by atoms with Gasteiger partial charge >= 0.3 is 5.97 Å². The number of nitrogens with two attached hydrogens (primary N) is 1. The predicted molar refractivity (Wildman–Crippen MR) is 86.5 cm³/mol. The molecule has 116 valence electrons. The number of hydrogen-bond donors (Lipinski definition) is 2. The molecule has 4 nitrogen and oxygen atoms in total. The number of ether oxygens (including phenoxy) is 1. The topological polar surface area (TPSA) is 64.3 Å². The van der Waals surface area contributed by atoms with E-state index in [0.717, 1.165) is 18.5 Å². The van der Waals surface area contributed by atoms with E-state index in [1.54, 1.807) is 6.07 Å². The molecule has 3 N–H and O–H groups in total. The molecule has 0 amide bonds. The Balaban J connectivity index is 2.12. The van der Waals surface area contributed by atoms with Crippen LogP contribution in [0.25, 0.3) is 0 Å². The van der Waals surface area contributed by atoms with Crippen LogP contribution in [0.15, 0.2) is 18.2 Å². The summed E-state index contributed by atoms with van der Waals surface area (Å²) in [6, 6.07) is 5.85. The van der Waals surface area contributed by atoms with Gasteiger partial charge in [0, 0.05) is 17.4 Å². The highest BCUT2D eigenvalue weighted by Gasteiger charge is 2.17. The average Bonchev–Trinajstić information content (AvgIpc) is 2.43. The predicted octanol–water partition coefficient (Wildman–Crippen LogP) is 3.97. The Hall–Kier alpha value is -1.71. The van der Waals surface area contributed by atoms with Crippen LogP contribution in [0.4, 0.5) is 11.4 Å². The van der Waals surface area contributed by atoms with Gasteiger partial charge < -0.3 is 15.8 Å². The number of anilines is 2. The lowest BCUT2D eigenvalue weighted by Gasteiger charge is -2.23. The summed E-state index contributed by atoms with van der Waals surface area (Å²) >= 11 is 0. The number of carbonyl (C=O) groups excluding carboxylic acids is 1. The molecule has 1 aliphatic carbocycles. The maximum Gasteiger partial charge on any atom is 0.340 e. The molecule has 0 radical (unpaired) electrons. The normalized spacial score (nSPS) is 16.8. The van der Waals surface area contributed by atoms with E-state index in [1.807, 2.05) is 19.1 Å². The molecular formula is C17H26N2O2. The lowest BCUT2D eigenvalue weighted by Crippen LogP contribution is -2.22. The van der Waals surface area contributed by atoms with Crippen molar-refractivity contribution in [3.05, 3.63) is 23.8 Å². The molecule has 0 unspecified atom stereocenters. The van der Waals surface area contributed by atoms with Gasteiger partial charge in [-0.05, 0) is 38.0 Å². The summed E-state index contributed by atoms with van der Waals surface area (Å²) in [4.78, 5) is 12.1. The Kier molecular flexibility index (Phi) is 5.90. The minimum atomic E-state index is -0.307. The fourth-order valence-electron chi connectivity index (χ4n) is 2.89. The van der Waals surface area contributed by atoms with Crippen molar-refractivity contribution in [2.45, 2.75) is 57.9 Å². The van der Waals surface area contributed by atoms with Crippen LogP contribution in [-0.2, 0) is 4.74 Å². The van der Waals surface area contributed by atoms with Crippen LogP contribution in [0, 0.1) is 0 Å². The van der Waals surface area contributed by atoms with E-state index in [1.165, 1.54) is 32.1 Å². The second kappa shape index (κ2) is 7.91. The highest BCUT2D eigenvalue weighted by molar-refractivity contribution is 5.96. The third-order valence-electron chi connectivity index (χ3n) is 4.00. The van der Waals surface area contributed by atoms with Crippen LogP contribution in [0.1, 0.15) is 62.2 Å². The van der Waals surface area contributed by atoms with E-state index in [-0.39, 0.29) is 5.97 Å². The molecule has 2 rings (SSSR count). The zero-order valence-corrected chi connectivity index (χ0v) is 12.9. The van der Waals surface area contributed by atoms with Crippen molar-refractivity contribution >= 4 is 17.3 Å². The number of benzene rings is 1. The SMILES string of the molecule is CCOC(=O)c1cc(N)ccc1NC1CCCCCCC1. The van der Waals surface area contributed by atoms with Gasteiger partial charge in [-0.3, -0.25) is 0 Å². The van der Waals surface area contributed by atoms with E-state index in [0.29, 0.717) is 23.9 Å². The molecular weight excluding hydrogens is 264 g/mol. The Morgan fingerprint density at radius 3 is 2.57 bits per heavy atom. The van der Waals surface area contributed by atoms with Gasteiger partial charge in [0.15, 0.2) is 0 Å². The lowest BCUT2D eigenvalue weighted by molar-refractivity contribution is 0.0527. The monoisotopic (exact) mass is 290 g/mol. The second-order valence-electron chi connectivity index (χ2n) is 5.71. The molecule has 1 fully saturated rings. The first-order chi connectivity index (χ1) is 10.2. The van der Waals surface area contributed by atoms with Gasteiger partial charge in [-0.25, -0.2) is 4.79 Å². The fraction of sp³-hybridized carbons (Fsp3) is 0.588. The maximum atomic E-state index is 12.1. The highest BCUT2D eigenvalue weighted by Crippen LogP contribution is 2.25. The molecule has 0 aliphatic heterocycles. The third-order valence-corrected chi connectivity index (χ3v) is 4.00. The summed E-state index contributed by atoms with van der Waals surface area (Å²) in [5, 5.41) is 3.53. The summed E-state index contributed by atoms with van der Waals surface area (Å²) in [6.07, 6.45) is 8.79. The Morgan fingerprint density at radius 2 is 1.90 bits per heavy atom. The van der Waals surface area contributed by atoms with Gasteiger partial charge in [0.2, 0.25) is 0 Å². The molecule has 1 aliphatic rings. The Labute approximate surface area is 127 Å². The number of nitrogen functional groups attached to an aromatic ring is 1. The van der Waals surface area contributed by atoms with Gasteiger partial charge in [0.1, 0.15) is 0 Å². The summed E-state index contributed by atoms with van der Waals surface area (Å²) < 4.78 is 5.12. The summed E-state index contributed by atoms with van der Waals surface area (Å²) in [6.45, 7) is 2.18. The van der Waals surface area contributed by atoms with E-state index < -0.39 is 0 Å². The third kappa shape index (κ3) is 4.66. The van der Waals surface area contributed by atoms with Crippen LogP contribution in [0.5, 0.6) is 0 Å². The average molecular weight is 290 g/mol.